The Morgan fingerprint density at radius 1 is 1.29 bits per heavy atom. The minimum Gasteiger partial charge on any atom is -0.493 e. The first-order valence-corrected chi connectivity index (χ1v) is 9.10. The standard InChI is InChI=1S/C17H26N2O3S.ClH/c1-19(17(20)13-7-5-6-8-18-13)11-12-9-14(21-2)15(22-3)10-16(12)23-4;/h9-10,13,18H,5-8,11H2,1-4H3;1H. The minimum atomic E-state index is -0.0494. The van der Waals surface area contributed by atoms with Crippen LogP contribution < -0.4 is 14.8 Å². The zero-order valence-electron chi connectivity index (χ0n) is 14.8. The predicted molar refractivity (Wildman–Crippen MR) is 101 cm³/mol. The third kappa shape index (κ3) is 4.94. The third-order valence-electron chi connectivity index (χ3n) is 4.18. The minimum absolute atomic E-state index is 0. The lowest BCUT2D eigenvalue weighted by Crippen LogP contribution is -2.47. The Bertz CT molecular complexity index is 551. The number of rotatable bonds is 6. The topological polar surface area (TPSA) is 50.8 Å². The van der Waals surface area contributed by atoms with E-state index in [4.69, 9.17) is 9.47 Å². The molecule has 0 aromatic heterocycles. The number of thioether (sulfide) groups is 1. The molecule has 1 unspecified atom stereocenters. The van der Waals surface area contributed by atoms with E-state index in [0.717, 1.165) is 36.3 Å². The molecule has 5 nitrogen and oxygen atoms in total. The molecule has 1 aliphatic heterocycles. The molecular weight excluding hydrogens is 348 g/mol. The molecule has 24 heavy (non-hydrogen) atoms. The number of nitrogens with zero attached hydrogens (tertiary/aromatic N) is 1. The maximum atomic E-state index is 12.6. The number of nitrogens with one attached hydrogen (secondary N) is 1. The van der Waals surface area contributed by atoms with Gasteiger partial charge in [-0.2, -0.15) is 0 Å². The fourth-order valence-electron chi connectivity index (χ4n) is 2.88. The largest absolute Gasteiger partial charge is 0.493 e. The number of piperidine rings is 1. The highest BCUT2D eigenvalue weighted by molar-refractivity contribution is 7.98. The van der Waals surface area contributed by atoms with E-state index in [2.05, 4.69) is 5.32 Å². The predicted octanol–water partition coefficient (Wildman–Crippen LogP) is 2.95. The molecule has 1 amide bonds. The summed E-state index contributed by atoms with van der Waals surface area (Å²) >= 11 is 1.64. The molecule has 136 valence electrons. The Labute approximate surface area is 154 Å². The van der Waals surface area contributed by atoms with Gasteiger partial charge in [0.15, 0.2) is 11.5 Å². The van der Waals surface area contributed by atoms with Crippen LogP contribution in [0.15, 0.2) is 17.0 Å². The van der Waals surface area contributed by atoms with Gasteiger partial charge in [0.05, 0.1) is 20.3 Å². The van der Waals surface area contributed by atoms with Crippen LogP contribution in [0.25, 0.3) is 0 Å². The quantitative estimate of drug-likeness (QED) is 0.776. The van der Waals surface area contributed by atoms with Crippen molar-refractivity contribution in [3.05, 3.63) is 17.7 Å². The normalized spacial score (nSPS) is 16.9. The van der Waals surface area contributed by atoms with E-state index in [1.165, 1.54) is 0 Å². The van der Waals surface area contributed by atoms with Crippen LogP contribution in [-0.2, 0) is 11.3 Å². The summed E-state index contributed by atoms with van der Waals surface area (Å²) in [7, 11) is 5.12. The number of hydrogen-bond acceptors (Lipinski definition) is 5. The van der Waals surface area contributed by atoms with Gasteiger partial charge in [0, 0.05) is 18.5 Å². The van der Waals surface area contributed by atoms with E-state index in [-0.39, 0.29) is 24.4 Å². The van der Waals surface area contributed by atoms with Crippen LogP contribution in [0.4, 0.5) is 0 Å². The Kier molecular flexibility index (Phi) is 8.73. The number of carbonyl (C=O) groups is 1. The van der Waals surface area contributed by atoms with Gasteiger partial charge in [-0.15, -0.1) is 24.2 Å². The van der Waals surface area contributed by atoms with E-state index < -0.39 is 0 Å². The Morgan fingerprint density at radius 2 is 1.96 bits per heavy atom. The summed E-state index contributed by atoms with van der Waals surface area (Å²) in [5, 5.41) is 3.31. The zero-order chi connectivity index (χ0) is 16.8. The molecule has 1 aliphatic rings. The van der Waals surface area contributed by atoms with Gasteiger partial charge in [-0.1, -0.05) is 6.42 Å². The maximum Gasteiger partial charge on any atom is 0.239 e. The number of halogens is 1. The van der Waals surface area contributed by atoms with Crippen molar-refractivity contribution in [2.45, 2.75) is 36.7 Å². The summed E-state index contributed by atoms with van der Waals surface area (Å²) in [6, 6.07) is 3.88. The van der Waals surface area contributed by atoms with Crippen molar-refractivity contribution in [1.82, 2.24) is 10.2 Å². The number of ether oxygens (including phenoxy) is 2. The Balaban J connectivity index is 0.00000288. The molecule has 0 radical (unpaired) electrons. The summed E-state index contributed by atoms with van der Waals surface area (Å²) in [5.74, 6) is 1.56. The van der Waals surface area contributed by atoms with Crippen LogP contribution in [0.3, 0.4) is 0 Å². The van der Waals surface area contributed by atoms with Crippen molar-refractivity contribution in [2.75, 3.05) is 34.1 Å². The van der Waals surface area contributed by atoms with Crippen LogP contribution in [0.1, 0.15) is 24.8 Å². The molecule has 1 saturated heterocycles. The first-order chi connectivity index (χ1) is 11.1. The lowest BCUT2D eigenvalue weighted by Gasteiger charge is -2.28. The fourth-order valence-corrected chi connectivity index (χ4v) is 3.49. The Morgan fingerprint density at radius 3 is 2.50 bits per heavy atom. The molecule has 2 rings (SSSR count). The highest BCUT2D eigenvalue weighted by Crippen LogP contribution is 2.35. The van der Waals surface area contributed by atoms with Crippen molar-refractivity contribution < 1.29 is 14.3 Å². The molecule has 7 heteroatoms. The number of amides is 1. The monoisotopic (exact) mass is 374 g/mol. The molecule has 0 saturated carbocycles. The molecule has 1 aromatic carbocycles. The van der Waals surface area contributed by atoms with Crippen LogP contribution in [-0.4, -0.2) is 50.9 Å². The van der Waals surface area contributed by atoms with Gasteiger partial charge < -0.3 is 19.7 Å². The Hall–Kier alpha value is -1.11. The van der Waals surface area contributed by atoms with Crippen molar-refractivity contribution in [1.29, 1.82) is 0 Å². The van der Waals surface area contributed by atoms with Crippen molar-refractivity contribution in [3.63, 3.8) is 0 Å². The molecule has 1 atom stereocenters. The summed E-state index contributed by atoms with van der Waals surface area (Å²) in [4.78, 5) is 15.5. The molecule has 1 aromatic rings. The molecule has 0 aliphatic carbocycles. The maximum absolute atomic E-state index is 12.6. The van der Waals surface area contributed by atoms with Gasteiger partial charge in [-0.3, -0.25) is 4.79 Å². The van der Waals surface area contributed by atoms with Crippen LogP contribution >= 0.6 is 24.2 Å². The lowest BCUT2D eigenvalue weighted by atomic mass is 10.0. The number of benzene rings is 1. The summed E-state index contributed by atoms with van der Waals surface area (Å²) in [6.07, 6.45) is 5.21. The van der Waals surface area contributed by atoms with E-state index in [1.807, 2.05) is 25.4 Å². The van der Waals surface area contributed by atoms with Gasteiger partial charge in [0.1, 0.15) is 0 Å². The van der Waals surface area contributed by atoms with E-state index in [0.29, 0.717) is 18.0 Å². The highest BCUT2D eigenvalue weighted by atomic mass is 35.5. The van der Waals surface area contributed by atoms with Gasteiger partial charge >= 0.3 is 0 Å². The van der Waals surface area contributed by atoms with Gasteiger partial charge in [0.2, 0.25) is 5.91 Å². The number of carbonyl (C=O) groups excluding carboxylic acids is 1. The second-order valence-corrected chi connectivity index (χ2v) is 6.56. The first kappa shape index (κ1) is 20.9. The molecule has 0 spiro atoms. The zero-order valence-corrected chi connectivity index (χ0v) is 16.4. The van der Waals surface area contributed by atoms with Gasteiger partial charge in [0.25, 0.3) is 0 Å². The van der Waals surface area contributed by atoms with E-state index >= 15 is 0 Å². The van der Waals surface area contributed by atoms with Gasteiger partial charge in [-0.25, -0.2) is 0 Å². The lowest BCUT2D eigenvalue weighted by molar-refractivity contribution is -0.133. The first-order valence-electron chi connectivity index (χ1n) is 7.88. The van der Waals surface area contributed by atoms with Crippen molar-refractivity contribution in [3.8, 4) is 11.5 Å². The van der Waals surface area contributed by atoms with E-state index in [9.17, 15) is 4.79 Å². The summed E-state index contributed by atoms with van der Waals surface area (Å²) < 4.78 is 10.7. The molecular formula is C17H27ClN2O3S. The van der Waals surface area contributed by atoms with Crippen molar-refractivity contribution >= 4 is 30.1 Å². The smallest absolute Gasteiger partial charge is 0.239 e. The number of likely N-dealkylation sites (N-methyl/N-ethyl adjacent to an activating group) is 1. The van der Waals surface area contributed by atoms with E-state index in [1.54, 1.807) is 30.9 Å². The molecule has 1 fully saturated rings. The van der Waals surface area contributed by atoms with Crippen molar-refractivity contribution in [2.24, 2.45) is 0 Å². The number of methoxy groups -OCH3 is 2. The second kappa shape index (κ2) is 10.0. The summed E-state index contributed by atoms with van der Waals surface area (Å²) in [5.41, 5.74) is 1.07. The fraction of sp³-hybridized carbons (Fsp3) is 0.588. The average molecular weight is 375 g/mol. The SMILES string of the molecule is COc1cc(CN(C)C(=O)C2CCCCN2)c(SC)cc1OC.Cl. The third-order valence-corrected chi connectivity index (χ3v) is 5.00. The molecule has 1 N–H and O–H groups in total. The second-order valence-electron chi connectivity index (χ2n) is 5.72. The van der Waals surface area contributed by atoms with Crippen LogP contribution in [0.5, 0.6) is 11.5 Å². The van der Waals surface area contributed by atoms with Crippen LogP contribution in [0.2, 0.25) is 0 Å². The average Bonchev–Trinajstić information content (AvgIpc) is 2.61. The summed E-state index contributed by atoms with van der Waals surface area (Å²) in [6.45, 7) is 1.49. The number of hydrogen-bond donors (Lipinski definition) is 1. The molecule has 0 bridgehead atoms. The highest BCUT2D eigenvalue weighted by Gasteiger charge is 2.24. The van der Waals surface area contributed by atoms with Gasteiger partial charge in [-0.05, 0) is 43.3 Å². The van der Waals surface area contributed by atoms with Crippen LogP contribution in [0, 0.1) is 0 Å². The molecule has 1 heterocycles.